The van der Waals surface area contributed by atoms with Crippen molar-refractivity contribution in [3.8, 4) is 11.4 Å². The van der Waals surface area contributed by atoms with Crippen molar-refractivity contribution in [3.63, 3.8) is 0 Å². The monoisotopic (exact) mass is 220 g/mol. The minimum atomic E-state index is -0.579. The van der Waals surface area contributed by atoms with E-state index < -0.39 is 5.69 Å². The number of halogens is 1. The van der Waals surface area contributed by atoms with Gasteiger partial charge in [0, 0.05) is 5.56 Å². The van der Waals surface area contributed by atoms with Crippen LogP contribution in [-0.4, -0.2) is 15.0 Å². The number of nitrogens with one attached hydrogen (secondary N) is 1. The van der Waals surface area contributed by atoms with E-state index >= 15 is 0 Å². The Bertz CT molecular complexity index is 594. The standard InChI is InChI=1S/C10H9FN4O/c1-5-4-6(2-3-7(5)11)8-13-9(12)15-10(16)14-8/h2-4H,1H3,(H3,12,13,14,15,16). The van der Waals surface area contributed by atoms with Gasteiger partial charge in [0.15, 0.2) is 0 Å². The largest absolute Gasteiger partial charge is 0.368 e. The Balaban J connectivity index is 2.58. The van der Waals surface area contributed by atoms with Crippen molar-refractivity contribution in [1.82, 2.24) is 15.0 Å². The summed E-state index contributed by atoms with van der Waals surface area (Å²) in [7, 11) is 0. The lowest BCUT2D eigenvalue weighted by Gasteiger charge is -2.02. The van der Waals surface area contributed by atoms with Crippen LogP contribution in [0.15, 0.2) is 23.0 Å². The van der Waals surface area contributed by atoms with Crippen LogP contribution in [-0.2, 0) is 0 Å². The molecule has 0 saturated carbocycles. The SMILES string of the molecule is Cc1cc(-c2nc(N)nc(=O)[nH]2)ccc1F. The number of anilines is 1. The van der Waals surface area contributed by atoms with Gasteiger partial charge < -0.3 is 5.73 Å². The molecule has 1 aromatic heterocycles. The van der Waals surface area contributed by atoms with Gasteiger partial charge in [0.25, 0.3) is 0 Å². The summed E-state index contributed by atoms with van der Waals surface area (Å²) in [5, 5.41) is 0. The van der Waals surface area contributed by atoms with E-state index in [1.54, 1.807) is 13.0 Å². The van der Waals surface area contributed by atoms with E-state index in [0.29, 0.717) is 11.1 Å². The summed E-state index contributed by atoms with van der Waals surface area (Å²) in [6.07, 6.45) is 0. The number of nitrogens with zero attached hydrogens (tertiary/aromatic N) is 2. The number of nitrogens with two attached hydrogens (primary N) is 1. The van der Waals surface area contributed by atoms with Crippen molar-refractivity contribution in [3.05, 3.63) is 40.1 Å². The third-order valence-electron chi connectivity index (χ3n) is 2.10. The summed E-state index contributed by atoms with van der Waals surface area (Å²) in [5.74, 6) is -0.144. The predicted molar refractivity (Wildman–Crippen MR) is 57.2 cm³/mol. The van der Waals surface area contributed by atoms with Crippen molar-refractivity contribution < 1.29 is 4.39 Å². The van der Waals surface area contributed by atoms with Crippen LogP contribution in [0, 0.1) is 12.7 Å². The van der Waals surface area contributed by atoms with Crippen LogP contribution < -0.4 is 11.4 Å². The first kappa shape index (κ1) is 10.3. The maximum absolute atomic E-state index is 13.0. The lowest BCUT2D eigenvalue weighted by molar-refractivity contribution is 0.618. The van der Waals surface area contributed by atoms with Crippen LogP contribution in [0.1, 0.15) is 5.56 Å². The topological polar surface area (TPSA) is 84.7 Å². The fourth-order valence-corrected chi connectivity index (χ4v) is 1.33. The molecule has 82 valence electrons. The zero-order chi connectivity index (χ0) is 11.7. The molecule has 0 aliphatic carbocycles. The fourth-order valence-electron chi connectivity index (χ4n) is 1.33. The van der Waals surface area contributed by atoms with Crippen LogP contribution in [0.3, 0.4) is 0 Å². The predicted octanol–water partition coefficient (Wildman–Crippen LogP) is 0.862. The van der Waals surface area contributed by atoms with E-state index in [0.717, 1.165) is 0 Å². The second-order valence-electron chi connectivity index (χ2n) is 3.32. The maximum atomic E-state index is 13.0. The molecule has 2 rings (SSSR count). The first-order valence-corrected chi connectivity index (χ1v) is 4.56. The number of hydrogen-bond donors (Lipinski definition) is 2. The van der Waals surface area contributed by atoms with Gasteiger partial charge in [0.1, 0.15) is 11.6 Å². The van der Waals surface area contributed by atoms with Gasteiger partial charge in [-0.3, -0.25) is 4.98 Å². The second-order valence-corrected chi connectivity index (χ2v) is 3.32. The Morgan fingerprint density at radius 3 is 2.75 bits per heavy atom. The highest BCUT2D eigenvalue weighted by molar-refractivity contribution is 5.56. The summed E-state index contributed by atoms with van der Waals surface area (Å²) < 4.78 is 13.0. The minimum absolute atomic E-state index is 0.110. The molecule has 2 aromatic rings. The molecule has 1 heterocycles. The average molecular weight is 220 g/mol. The zero-order valence-corrected chi connectivity index (χ0v) is 8.49. The normalized spacial score (nSPS) is 10.4. The average Bonchev–Trinajstić information content (AvgIpc) is 2.20. The molecule has 0 atom stereocenters. The number of aromatic amines is 1. The van der Waals surface area contributed by atoms with Gasteiger partial charge in [-0.2, -0.15) is 9.97 Å². The lowest BCUT2D eigenvalue weighted by atomic mass is 10.1. The van der Waals surface area contributed by atoms with Gasteiger partial charge in [0.2, 0.25) is 5.95 Å². The molecule has 0 unspecified atom stereocenters. The molecule has 1 aromatic carbocycles. The number of nitrogen functional groups attached to an aromatic ring is 1. The highest BCUT2D eigenvalue weighted by Gasteiger charge is 2.05. The Labute approximate surface area is 90.2 Å². The zero-order valence-electron chi connectivity index (χ0n) is 8.49. The van der Waals surface area contributed by atoms with Gasteiger partial charge in [-0.15, -0.1) is 0 Å². The lowest BCUT2D eigenvalue weighted by Crippen LogP contribution is -2.15. The number of rotatable bonds is 1. The van der Waals surface area contributed by atoms with Crippen LogP contribution in [0.2, 0.25) is 0 Å². The van der Waals surface area contributed by atoms with Crippen molar-refractivity contribution in [2.75, 3.05) is 5.73 Å². The first-order chi connectivity index (χ1) is 7.56. The van der Waals surface area contributed by atoms with Crippen LogP contribution in [0.25, 0.3) is 11.4 Å². The number of hydrogen-bond acceptors (Lipinski definition) is 4. The van der Waals surface area contributed by atoms with E-state index in [9.17, 15) is 9.18 Å². The molecule has 3 N–H and O–H groups in total. The molecule has 6 heteroatoms. The van der Waals surface area contributed by atoms with E-state index in [4.69, 9.17) is 5.73 Å². The summed E-state index contributed by atoms with van der Waals surface area (Å²) in [4.78, 5) is 20.8. The minimum Gasteiger partial charge on any atom is -0.368 e. The molecule has 16 heavy (non-hydrogen) atoms. The maximum Gasteiger partial charge on any atom is 0.349 e. The number of benzene rings is 1. The fraction of sp³-hybridized carbons (Fsp3) is 0.100. The Kier molecular flexibility index (Phi) is 2.40. The molecule has 0 bridgehead atoms. The van der Waals surface area contributed by atoms with Crippen LogP contribution in [0.5, 0.6) is 0 Å². The summed E-state index contributed by atoms with van der Waals surface area (Å²) in [5.41, 5.74) is 5.83. The molecule has 0 amide bonds. The molecule has 0 aliphatic rings. The van der Waals surface area contributed by atoms with Crippen molar-refractivity contribution in [1.29, 1.82) is 0 Å². The van der Waals surface area contributed by atoms with E-state index in [1.807, 2.05) is 0 Å². The van der Waals surface area contributed by atoms with Crippen molar-refractivity contribution in [2.45, 2.75) is 6.92 Å². The van der Waals surface area contributed by atoms with Crippen LogP contribution >= 0.6 is 0 Å². The summed E-state index contributed by atoms with van der Waals surface area (Å²) >= 11 is 0. The van der Waals surface area contributed by atoms with E-state index in [2.05, 4.69) is 15.0 Å². The number of H-pyrrole nitrogens is 1. The summed E-state index contributed by atoms with van der Waals surface area (Å²) in [6, 6.07) is 4.40. The van der Waals surface area contributed by atoms with Crippen molar-refractivity contribution in [2.24, 2.45) is 0 Å². The molecular weight excluding hydrogens is 211 g/mol. The Morgan fingerprint density at radius 1 is 1.38 bits per heavy atom. The second kappa shape index (κ2) is 3.73. The highest BCUT2D eigenvalue weighted by atomic mass is 19.1. The molecule has 5 nitrogen and oxygen atoms in total. The Morgan fingerprint density at radius 2 is 2.12 bits per heavy atom. The third-order valence-corrected chi connectivity index (χ3v) is 2.10. The van der Waals surface area contributed by atoms with Crippen molar-refractivity contribution >= 4 is 5.95 Å². The van der Waals surface area contributed by atoms with Gasteiger partial charge in [-0.05, 0) is 30.7 Å². The van der Waals surface area contributed by atoms with E-state index in [1.165, 1.54) is 12.1 Å². The third kappa shape index (κ3) is 1.90. The smallest absolute Gasteiger partial charge is 0.349 e. The number of aromatic nitrogens is 3. The first-order valence-electron chi connectivity index (χ1n) is 4.56. The number of aryl methyl sites for hydroxylation is 1. The molecular formula is C10H9FN4O. The van der Waals surface area contributed by atoms with Gasteiger partial charge in [-0.25, -0.2) is 9.18 Å². The molecule has 0 saturated heterocycles. The molecule has 0 fully saturated rings. The van der Waals surface area contributed by atoms with Gasteiger partial charge in [-0.1, -0.05) is 0 Å². The van der Waals surface area contributed by atoms with Crippen LogP contribution in [0.4, 0.5) is 10.3 Å². The van der Waals surface area contributed by atoms with Gasteiger partial charge in [0.05, 0.1) is 0 Å². The molecule has 0 aliphatic heterocycles. The van der Waals surface area contributed by atoms with Gasteiger partial charge >= 0.3 is 5.69 Å². The highest BCUT2D eigenvalue weighted by Crippen LogP contribution is 2.17. The molecule has 0 spiro atoms. The molecule has 0 radical (unpaired) electrons. The Hall–Kier alpha value is -2.24. The quantitative estimate of drug-likeness (QED) is 0.746. The summed E-state index contributed by atoms with van der Waals surface area (Å²) in [6.45, 7) is 1.63. The van der Waals surface area contributed by atoms with E-state index in [-0.39, 0.29) is 17.6 Å².